The van der Waals surface area contributed by atoms with Gasteiger partial charge < -0.3 is 14.7 Å². The molecule has 32 heavy (non-hydrogen) atoms. The number of fused-ring (bicyclic) bond motifs is 1. The van der Waals surface area contributed by atoms with Crippen molar-refractivity contribution >= 4 is 11.7 Å². The van der Waals surface area contributed by atoms with Crippen LogP contribution in [0.15, 0.2) is 60.0 Å². The van der Waals surface area contributed by atoms with E-state index in [-0.39, 0.29) is 6.61 Å². The maximum atomic E-state index is 10.8. The number of rotatable bonds is 12. The number of allylic oxidation sites excluding steroid dienone is 1. The number of benzene rings is 1. The highest BCUT2D eigenvalue weighted by atomic mass is 16.6. The summed E-state index contributed by atoms with van der Waals surface area (Å²) >= 11 is 0. The molecule has 0 amide bonds. The van der Waals surface area contributed by atoms with Gasteiger partial charge in [0, 0.05) is 18.0 Å². The molecule has 1 aliphatic rings. The lowest BCUT2D eigenvalue weighted by atomic mass is 9.83. The maximum absolute atomic E-state index is 10.8. The molecule has 1 N–H and O–H groups in total. The van der Waals surface area contributed by atoms with Crippen molar-refractivity contribution in [2.24, 2.45) is 11.1 Å². The molecule has 0 radical (unpaired) electrons. The van der Waals surface area contributed by atoms with Crippen molar-refractivity contribution < 1.29 is 19.5 Å². The van der Waals surface area contributed by atoms with E-state index in [2.05, 4.69) is 29.2 Å². The summed E-state index contributed by atoms with van der Waals surface area (Å²) in [7, 11) is 0. The van der Waals surface area contributed by atoms with Gasteiger partial charge in [0.25, 0.3) is 0 Å². The standard InChI is InChI=1S/C26H32N2O4/c1-2-3-4-11-24(22-10-6-15-27-18-22)28-32-16-7-8-20-13-14-23-21(17-20)9-5-12-25(23)31-19-26(29)30/h5-10,12,15,18,20H,2-4,11,13-14,16-17,19H2,1H3,(H,29,30). The number of carboxylic acid groups (broad SMARTS) is 1. The van der Waals surface area contributed by atoms with Crippen LogP contribution >= 0.6 is 0 Å². The van der Waals surface area contributed by atoms with Gasteiger partial charge in [-0.05, 0) is 73.4 Å². The van der Waals surface area contributed by atoms with Gasteiger partial charge in [-0.25, -0.2) is 4.79 Å². The van der Waals surface area contributed by atoms with E-state index in [1.165, 1.54) is 18.4 Å². The van der Waals surface area contributed by atoms with Crippen molar-refractivity contribution in [1.29, 1.82) is 0 Å². The van der Waals surface area contributed by atoms with E-state index in [4.69, 9.17) is 14.7 Å². The Hall–Kier alpha value is -3.15. The highest BCUT2D eigenvalue weighted by Crippen LogP contribution is 2.32. The molecule has 170 valence electrons. The quantitative estimate of drug-likeness (QED) is 0.214. The summed E-state index contributed by atoms with van der Waals surface area (Å²) in [5, 5.41) is 13.2. The molecule has 2 aromatic rings. The van der Waals surface area contributed by atoms with Gasteiger partial charge in [-0.1, -0.05) is 43.1 Å². The lowest BCUT2D eigenvalue weighted by molar-refractivity contribution is -0.139. The minimum Gasteiger partial charge on any atom is -0.482 e. The molecule has 6 heteroatoms. The molecule has 0 spiro atoms. The fourth-order valence-electron chi connectivity index (χ4n) is 3.96. The van der Waals surface area contributed by atoms with Crippen LogP contribution in [0.25, 0.3) is 0 Å². The number of ether oxygens (including phenoxy) is 1. The third-order valence-corrected chi connectivity index (χ3v) is 5.59. The van der Waals surface area contributed by atoms with Crippen molar-refractivity contribution in [2.45, 2.75) is 51.9 Å². The zero-order chi connectivity index (χ0) is 22.6. The SMILES string of the molecule is CCCCCC(=NOCC=CC1CCc2c(cccc2OCC(=O)O)C1)c1cccnc1. The predicted octanol–water partition coefficient (Wildman–Crippen LogP) is 5.21. The van der Waals surface area contributed by atoms with E-state index in [1.54, 1.807) is 6.20 Å². The fraction of sp³-hybridized carbons (Fsp3) is 0.423. The summed E-state index contributed by atoms with van der Waals surface area (Å²) in [4.78, 5) is 20.6. The fourth-order valence-corrected chi connectivity index (χ4v) is 3.96. The molecule has 1 atom stereocenters. The summed E-state index contributed by atoms with van der Waals surface area (Å²) < 4.78 is 5.45. The molecule has 6 nitrogen and oxygen atoms in total. The van der Waals surface area contributed by atoms with Gasteiger partial charge in [0.1, 0.15) is 12.4 Å². The molecule has 1 heterocycles. The first-order valence-corrected chi connectivity index (χ1v) is 11.4. The number of aromatic nitrogens is 1. The van der Waals surface area contributed by atoms with Crippen LogP contribution in [0.1, 0.15) is 55.7 Å². The molecule has 1 aromatic heterocycles. The molecule has 0 bridgehead atoms. The number of unbranched alkanes of at least 4 members (excludes halogenated alkanes) is 2. The van der Waals surface area contributed by atoms with Gasteiger partial charge in [-0.3, -0.25) is 4.98 Å². The van der Waals surface area contributed by atoms with E-state index in [9.17, 15) is 4.79 Å². The normalized spacial score (nSPS) is 16.0. The molecule has 0 saturated carbocycles. The van der Waals surface area contributed by atoms with Crippen molar-refractivity contribution in [3.05, 3.63) is 71.6 Å². The predicted molar refractivity (Wildman–Crippen MR) is 125 cm³/mol. The Bertz CT molecular complexity index is 925. The van der Waals surface area contributed by atoms with Crippen molar-refractivity contribution in [3.8, 4) is 5.75 Å². The van der Waals surface area contributed by atoms with Crippen LogP contribution in [0.3, 0.4) is 0 Å². The third kappa shape index (κ3) is 7.22. The Kier molecular flexibility index (Phi) is 9.29. The topological polar surface area (TPSA) is 81.0 Å². The third-order valence-electron chi connectivity index (χ3n) is 5.59. The van der Waals surface area contributed by atoms with Crippen LogP contribution in [0.2, 0.25) is 0 Å². The van der Waals surface area contributed by atoms with Crippen LogP contribution in [0.5, 0.6) is 5.75 Å². The summed E-state index contributed by atoms with van der Waals surface area (Å²) in [5.41, 5.74) is 4.31. The van der Waals surface area contributed by atoms with Gasteiger partial charge in [-0.2, -0.15) is 0 Å². The monoisotopic (exact) mass is 436 g/mol. The molecule has 0 saturated heterocycles. The Balaban J connectivity index is 1.53. The molecular formula is C26H32N2O4. The van der Waals surface area contributed by atoms with Gasteiger partial charge in [-0.15, -0.1) is 0 Å². The Morgan fingerprint density at radius 3 is 2.97 bits per heavy atom. The van der Waals surface area contributed by atoms with Gasteiger partial charge in [0.2, 0.25) is 0 Å². The number of carbonyl (C=O) groups is 1. The second-order valence-corrected chi connectivity index (χ2v) is 8.04. The number of pyridine rings is 1. The highest BCUT2D eigenvalue weighted by molar-refractivity contribution is 5.99. The van der Waals surface area contributed by atoms with Crippen LogP contribution in [-0.2, 0) is 22.5 Å². The number of oxime groups is 1. The lowest BCUT2D eigenvalue weighted by Gasteiger charge is -2.24. The Labute approximate surface area is 190 Å². The van der Waals surface area contributed by atoms with E-state index >= 15 is 0 Å². The minimum absolute atomic E-state index is 0.308. The molecule has 1 aromatic carbocycles. The zero-order valence-electron chi connectivity index (χ0n) is 18.7. The van der Waals surface area contributed by atoms with Gasteiger partial charge in [0.15, 0.2) is 6.61 Å². The molecular weight excluding hydrogens is 404 g/mol. The first-order chi connectivity index (χ1) is 15.7. The molecule has 3 rings (SSSR count). The van der Waals surface area contributed by atoms with E-state index in [0.29, 0.717) is 18.3 Å². The molecule has 1 aliphatic carbocycles. The van der Waals surface area contributed by atoms with Crippen LogP contribution in [0.4, 0.5) is 0 Å². The smallest absolute Gasteiger partial charge is 0.341 e. The van der Waals surface area contributed by atoms with Crippen molar-refractivity contribution in [1.82, 2.24) is 4.98 Å². The maximum Gasteiger partial charge on any atom is 0.341 e. The minimum atomic E-state index is -0.959. The Morgan fingerprint density at radius 2 is 2.19 bits per heavy atom. The van der Waals surface area contributed by atoms with Crippen molar-refractivity contribution in [2.75, 3.05) is 13.2 Å². The number of nitrogens with zero attached hydrogens (tertiary/aromatic N) is 2. The van der Waals surface area contributed by atoms with E-state index in [1.807, 2.05) is 36.5 Å². The van der Waals surface area contributed by atoms with Gasteiger partial charge >= 0.3 is 5.97 Å². The van der Waals surface area contributed by atoms with E-state index in [0.717, 1.165) is 48.9 Å². The average molecular weight is 437 g/mol. The molecule has 1 unspecified atom stereocenters. The summed E-state index contributed by atoms with van der Waals surface area (Å²) in [5.74, 6) is 0.155. The first kappa shape index (κ1) is 23.5. The number of hydrogen-bond acceptors (Lipinski definition) is 5. The first-order valence-electron chi connectivity index (χ1n) is 11.4. The number of hydrogen-bond donors (Lipinski definition) is 1. The molecule has 0 fully saturated rings. The second kappa shape index (κ2) is 12.6. The lowest BCUT2D eigenvalue weighted by Crippen LogP contribution is -2.16. The summed E-state index contributed by atoms with van der Waals surface area (Å²) in [6.45, 7) is 2.31. The average Bonchev–Trinajstić information content (AvgIpc) is 2.81. The highest BCUT2D eigenvalue weighted by Gasteiger charge is 2.20. The zero-order valence-corrected chi connectivity index (χ0v) is 18.7. The summed E-state index contributed by atoms with van der Waals surface area (Å²) in [6.07, 6.45) is 14.9. The van der Waals surface area contributed by atoms with Crippen LogP contribution < -0.4 is 4.74 Å². The van der Waals surface area contributed by atoms with Gasteiger partial charge in [0.05, 0.1) is 5.71 Å². The number of carboxylic acids is 1. The number of aliphatic carboxylic acids is 1. The van der Waals surface area contributed by atoms with Crippen LogP contribution in [-0.4, -0.2) is 35.0 Å². The Morgan fingerprint density at radius 1 is 1.28 bits per heavy atom. The molecule has 0 aliphatic heterocycles. The second-order valence-electron chi connectivity index (χ2n) is 8.04. The largest absolute Gasteiger partial charge is 0.482 e. The summed E-state index contributed by atoms with van der Waals surface area (Å²) in [6, 6.07) is 9.82. The van der Waals surface area contributed by atoms with E-state index < -0.39 is 5.97 Å². The van der Waals surface area contributed by atoms with Crippen molar-refractivity contribution in [3.63, 3.8) is 0 Å². The van der Waals surface area contributed by atoms with Crippen LogP contribution in [0, 0.1) is 5.92 Å².